The smallest absolute Gasteiger partial charge is 0.224 e. The number of halogens is 1. The number of sulfone groups is 1. The third-order valence-corrected chi connectivity index (χ3v) is 10.2. The first kappa shape index (κ1) is 37.5. The number of carbonyl (C=O) groups is 2. The van der Waals surface area contributed by atoms with Crippen LogP contribution in [0.1, 0.15) is 71.3 Å². The normalized spacial score (nSPS) is 18.2. The molecule has 2 amide bonds. The van der Waals surface area contributed by atoms with Gasteiger partial charge >= 0.3 is 0 Å². The molecule has 5 atom stereocenters. The van der Waals surface area contributed by atoms with Gasteiger partial charge < -0.3 is 25.7 Å². The Kier molecular flexibility index (Phi) is 15.9. The highest BCUT2D eigenvalue weighted by Crippen LogP contribution is 2.29. The molecule has 4 N–H and O–H groups in total. The van der Waals surface area contributed by atoms with Crippen molar-refractivity contribution in [2.75, 3.05) is 38.7 Å². The molecule has 246 valence electrons. The van der Waals surface area contributed by atoms with Crippen molar-refractivity contribution in [3.05, 3.63) is 34.9 Å². The van der Waals surface area contributed by atoms with E-state index in [-0.39, 0.29) is 36.3 Å². The Morgan fingerprint density at radius 2 is 1.65 bits per heavy atom. The van der Waals surface area contributed by atoms with Crippen LogP contribution >= 0.6 is 11.6 Å². The second kappa shape index (κ2) is 18.3. The summed E-state index contributed by atoms with van der Waals surface area (Å²) in [6.45, 7) is 6.01. The second-order valence-electron chi connectivity index (χ2n) is 13.1. The molecule has 1 aliphatic carbocycles. The number of aliphatic hydroxyl groups excluding tert-OH is 2. The van der Waals surface area contributed by atoms with Crippen LogP contribution in [0.2, 0.25) is 5.02 Å². The number of nitrogens with zero attached hydrogens (tertiary/aromatic N) is 1. The Balaban J connectivity index is 2.08. The van der Waals surface area contributed by atoms with Crippen LogP contribution in [-0.4, -0.2) is 92.3 Å². The minimum Gasteiger partial charge on any atom is -0.390 e. The number of hydrogen-bond donors (Lipinski definition) is 4. The van der Waals surface area contributed by atoms with Crippen molar-refractivity contribution in [3.8, 4) is 0 Å². The Morgan fingerprint density at radius 3 is 2.23 bits per heavy atom. The van der Waals surface area contributed by atoms with Gasteiger partial charge in [0.05, 0.1) is 35.5 Å². The van der Waals surface area contributed by atoms with Crippen molar-refractivity contribution in [1.29, 1.82) is 0 Å². The Hall–Kier alpha value is -1.72. The van der Waals surface area contributed by atoms with Crippen LogP contribution in [0.25, 0.3) is 0 Å². The summed E-state index contributed by atoms with van der Waals surface area (Å²) < 4.78 is 25.7. The first-order chi connectivity index (χ1) is 20.2. The lowest BCUT2D eigenvalue weighted by Gasteiger charge is -2.33. The summed E-state index contributed by atoms with van der Waals surface area (Å²) in [5.74, 6) is -2.03. The molecular formula is C32H54ClN3O6S. The molecule has 0 aliphatic heterocycles. The van der Waals surface area contributed by atoms with Gasteiger partial charge in [0.2, 0.25) is 11.8 Å². The third-order valence-electron chi connectivity index (χ3n) is 8.26. The van der Waals surface area contributed by atoms with Crippen LogP contribution in [-0.2, 0) is 25.8 Å². The molecule has 9 nitrogen and oxygen atoms in total. The van der Waals surface area contributed by atoms with Crippen molar-refractivity contribution in [2.24, 2.45) is 23.7 Å². The first-order valence-corrected chi connectivity index (χ1v) is 17.9. The number of carbonyl (C=O) groups excluding carboxylic acids is 2. The van der Waals surface area contributed by atoms with E-state index in [0.717, 1.165) is 31.2 Å². The first-order valence-electron chi connectivity index (χ1n) is 15.7. The molecule has 0 bridgehead atoms. The van der Waals surface area contributed by atoms with Gasteiger partial charge in [0.1, 0.15) is 6.10 Å². The minimum absolute atomic E-state index is 0.0142. The van der Waals surface area contributed by atoms with Gasteiger partial charge in [-0.15, -0.1) is 0 Å². The van der Waals surface area contributed by atoms with E-state index >= 15 is 0 Å². The maximum atomic E-state index is 13.3. The Labute approximate surface area is 264 Å². The van der Waals surface area contributed by atoms with E-state index in [1.807, 2.05) is 13.8 Å². The fraction of sp³-hybridized carbons (Fsp3) is 0.750. The maximum absolute atomic E-state index is 13.3. The molecule has 1 aliphatic rings. The number of rotatable bonds is 18. The lowest BCUT2D eigenvalue weighted by atomic mass is 9.82. The molecule has 0 spiro atoms. The van der Waals surface area contributed by atoms with E-state index in [0.29, 0.717) is 30.3 Å². The number of benzene rings is 1. The maximum Gasteiger partial charge on any atom is 0.224 e. The van der Waals surface area contributed by atoms with Gasteiger partial charge in [-0.25, -0.2) is 8.42 Å². The summed E-state index contributed by atoms with van der Waals surface area (Å²) in [4.78, 5) is 28.4. The predicted octanol–water partition coefficient (Wildman–Crippen LogP) is 3.45. The largest absolute Gasteiger partial charge is 0.390 e. The minimum atomic E-state index is -3.52. The van der Waals surface area contributed by atoms with Crippen molar-refractivity contribution in [2.45, 2.75) is 90.4 Å². The van der Waals surface area contributed by atoms with Crippen LogP contribution in [0.15, 0.2) is 24.3 Å². The summed E-state index contributed by atoms with van der Waals surface area (Å²) in [5.41, 5.74) is 0.789. The molecule has 1 saturated carbocycles. The summed E-state index contributed by atoms with van der Waals surface area (Å²) >= 11 is 6.00. The number of amides is 2. The van der Waals surface area contributed by atoms with Gasteiger partial charge in [0.15, 0.2) is 9.84 Å². The zero-order valence-corrected chi connectivity index (χ0v) is 28.2. The van der Waals surface area contributed by atoms with Gasteiger partial charge in [-0.1, -0.05) is 76.6 Å². The summed E-state index contributed by atoms with van der Waals surface area (Å²) in [6, 6.07) is 6.36. The van der Waals surface area contributed by atoms with Crippen LogP contribution in [0, 0.1) is 23.7 Å². The molecular weight excluding hydrogens is 590 g/mol. The van der Waals surface area contributed by atoms with E-state index in [9.17, 15) is 28.2 Å². The van der Waals surface area contributed by atoms with Crippen LogP contribution in [0.5, 0.6) is 0 Å². The highest BCUT2D eigenvalue weighted by atomic mass is 35.5. The zero-order chi connectivity index (χ0) is 32.2. The number of hydrogen-bond acceptors (Lipinski definition) is 7. The molecule has 1 fully saturated rings. The highest BCUT2D eigenvalue weighted by molar-refractivity contribution is 7.91. The molecule has 0 radical (unpaired) electrons. The number of nitrogens with one attached hydrogen (secondary N) is 2. The second-order valence-corrected chi connectivity index (χ2v) is 15.8. The van der Waals surface area contributed by atoms with Crippen molar-refractivity contribution >= 4 is 33.3 Å². The quantitative estimate of drug-likeness (QED) is 0.192. The van der Waals surface area contributed by atoms with Gasteiger partial charge in [0.25, 0.3) is 0 Å². The van der Waals surface area contributed by atoms with Gasteiger partial charge in [0, 0.05) is 18.1 Å². The molecule has 0 unspecified atom stereocenters. The molecule has 11 heteroatoms. The van der Waals surface area contributed by atoms with Crippen molar-refractivity contribution < 1.29 is 28.2 Å². The fourth-order valence-electron chi connectivity index (χ4n) is 5.62. The van der Waals surface area contributed by atoms with Gasteiger partial charge in [-0.05, 0) is 62.9 Å². The zero-order valence-electron chi connectivity index (χ0n) is 26.6. The van der Waals surface area contributed by atoms with Gasteiger partial charge in [-0.3, -0.25) is 9.59 Å². The van der Waals surface area contributed by atoms with E-state index < -0.39 is 45.8 Å². The SMILES string of the molecule is CC(C)C[C@H](O)[C@H](O)[C@H](CC1CCCCC1)NC(=O)[C@H](C)CNC(=O)[C@H](Cc1ccc(Cl)cc1)CS(=O)(=O)CCN(C)C. The topological polar surface area (TPSA) is 136 Å². The van der Waals surface area contributed by atoms with E-state index in [2.05, 4.69) is 10.6 Å². The van der Waals surface area contributed by atoms with Gasteiger partial charge in [-0.2, -0.15) is 0 Å². The van der Waals surface area contributed by atoms with Crippen LogP contribution in [0.3, 0.4) is 0 Å². The summed E-state index contributed by atoms with van der Waals surface area (Å²) in [5, 5.41) is 28.0. The van der Waals surface area contributed by atoms with Crippen molar-refractivity contribution in [3.63, 3.8) is 0 Å². The molecule has 0 saturated heterocycles. The average molecular weight is 644 g/mol. The van der Waals surface area contributed by atoms with Crippen molar-refractivity contribution in [1.82, 2.24) is 15.5 Å². The Bertz CT molecular complexity index is 1090. The van der Waals surface area contributed by atoms with E-state index in [1.165, 1.54) is 6.42 Å². The predicted molar refractivity (Wildman–Crippen MR) is 173 cm³/mol. The third kappa shape index (κ3) is 14.3. The van der Waals surface area contributed by atoms with E-state index in [4.69, 9.17) is 11.6 Å². The molecule has 1 aromatic carbocycles. The number of aliphatic hydroxyl groups is 2. The molecule has 2 rings (SSSR count). The summed E-state index contributed by atoms with van der Waals surface area (Å²) in [6.07, 6.45) is 4.71. The Morgan fingerprint density at radius 1 is 1.02 bits per heavy atom. The average Bonchev–Trinajstić information content (AvgIpc) is 2.94. The highest BCUT2D eigenvalue weighted by Gasteiger charge is 2.32. The lowest BCUT2D eigenvalue weighted by molar-refractivity contribution is -0.128. The lowest BCUT2D eigenvalue weighted by Crippen LogP contribution is -2.52. The molecule has 0 heterocycles. The molecule has 43 heavy (non-hydrogen) atoms. The molecule has 1 aromatic rings. The standard InChI is InChI=1S/C32H54ClN3O6S/c1-22(2)17-29(37)30(38)28(19-24-9-7-6-8-10-24)35-31(39)23(3)20-34-32(40)26(18-25-11-13-27(33)14-12-25)21-43(41,42)16-15-36(4)5/h11-14,22-24,26,28-30,37-38H,6-10,15-21H2,1-5H3,(H,34,40)(H,35,39)/t23-,26-,28+,29+,30-/m1/s1. The van der Waals surface area contributed by atoms with E-state index in [1.54, 1.807) is 50.2 Å². The van der Waals surface area contributed by atoms with Crippen LogP contribution < -0.4 is 10.6 Å². The fourth-order valence-corrected chi connectivity index (χ4v) is 7.43. The monoisotopic (exact) mass is 643 g/mol. The summed E-state index contributed by atoms with van der Waals surface area (Å²) in [7, 11) is 0.0705. The van der Waals surface area contributed by atoms with Crippen LogP contribution in [0.4, 0.5) is 0 Å². The molecule has 0 aromatic heterocycles.